The molecule has 2 bridgehead atoms. The molecule has 1 fully saturated rings. The molecule has 1 aliphatic heterocycles. The number of nitrogens with zero attached hydrogens (tertiary/aromatic N) is 1. The Morgan fingerprint density at radius 3 is 2.30 bits per heavy atom. The molecule has 0 spiro atoms. The van der Waals surface area contributed by atoms with Crippen LogP contribution in [0.2, 0.25) is 0 Å². The first kappa shape index (κ1) is 14.6. The van der Waals surface area contributed by atoms with Crippen LogP contribution in [-0.4, -0.2) is 18.1 Å². The maximum absolute atomic E-state index is 11.2. The largest absolute Gasteiger partial charge is 0.452 e. The van der Waals surface area contributed by atoms with E-state index in [1.165, 1.54) is 31.3 Å². The molecule has 2 aliphatic carbocycles. The minimum Gasteiger partial charge on any atom is -0.452 e. The van der Waals surface area contributed by atoms with Gasteiger partial charge in [-0.05, 0) is 62.7 Å². The first-order valence-electron chi connectivity index (χ1n) is 7.19. The van der Waals surface area contributed by atoms with Gasteiger partial charge >= 0.3 is 6.09 Å². The van der Waals surface area contributed by atoms with E-state index in [9.17, 15) is 4.79 Å². The third-order valence-corrected chi connectivity index (χ3v) is 3.99. The molecule has 0 aromatic rings. The number of carbonyl (C=O) groups excluding carboxylic acids is 1. The average Bonchev–Trinajstić information content (AvgIpc) is 3.06. The topological polar surface area (TPSA) is 29.5 Å². The highest BCUT2D eigenvalue weighted by molar-refractivity contribution is 5.71. The molecular weight excluding hydrogens is 250 g/mol. The quantitative estimate of drug-likeness (QED) is 0.612. The van der Waals surface area contributed by atoms with Gasteiger partial charge in [0.25, 0.3) is 0 Å². The molecule has 2 atom stereocenters. The van der Waals surface area contributed by atoms with Crippen LogP contribution in [0.3, 0.4) is 0 Å². The highest BCUT2D eigenvalue weighted by Crippen LogP contribution is 2.38. The Balaban J connectivity index is 0.000000173. The molecule has 1 heterocycles. The van der Waals surface area contributed by atoms with Crippen LogP contribution < -0.4 is 0 Å². The molecular formula is C17H23NO2. The summed E-state index contributed by atoms with van der Waals surface area (Å²) < 4.78 is 4.62. The molecule has 1 saturated carbocycles. The molecule has 1 amide bonds. The summed E-state index contributed by atoms with van der Waals surface area (Å²) in [6.07, 6.45) is 16.2. The van der Waals surface area contributed by atoms with Crippen LogP contribution in [-0.2, 0) is 4.74 Å². The molecule has 0 aromatic heterocycles. The third-order valence-electron chi connectivity index (χ3n) is 3.99. The number of hydrogen-bond acceptors (Lipinski definition) is 2. The van der Waals surface area contributed by atoms with Gasteiger partial charge in [0, 0.05) is 11.9 Å². The van der Waals surface area contributed by atoms with E-state index in [0.717, 1.165) is 23.1 Å². The summed E-state index contributed by atoms with van der Waals surface area (Å²) in [5, 5.41) is 0. The van der Waals surface area contributed by atoms with E-state index in [0.29, 0.717) is 0 Å². The lowest BCUT2D eigenvalue weighted by molar-refractivity contribution is 0.149. The van der Waals surface area contributed by atoms with Crippen molar-refractivity contribution in [3.8, 4) is 0 Å². The normalized spacial score (nSPS) is 26.4. The number of fused-ring (bicyclic) bond motifs is 2. The molecule has 0 radical (unpaired) electrons. The first-order valence-corrected chi connectivity index (χ1v) is 7.19. The average molecular weight is 273 g/mol. The van der Waals surface area contributed by atoms with E-state index in [1.807, 2.05) is 32.1 Å². The molecule has 3 heteroatoms. The summed E-state index contributed by atoms with van der Waals surface area (Å²) in [7, 11) is 1.37. The standard InChI is InChI=1S/C10H13NO2.C7H10/c1-8-4-5-9(2)11(7-6-8)10(12)13-3;1-2-7-4-3-6(1)5-7/h4-7H,1-3H3;1-2,6-7H,3-5H2. The summed E-state index contributed by atoms with van der Waals surface area (Å²) in [6.45, 7) is 3.83. The fraction of sp³-hybridized carbons (Fsp3) is 0.471. The zero-order chi connectivity index (χ0) is 14.5. The lowest BCUT2D eigenvalue weighted by Crippen LogP contribution is -2.23. The van der Waals surface area contributed by atoms with Crippen molar-refractivity contribution in [2.75, 3.05) is 7.11 Å². The van der Waals surface area contributed by atoms with E-state index in [1.54, 1.807) is 6.20 Å². The number of ether oxygens (including phenoxy) is 1. The van der Waals surface area contributed by atoms with Gasteiger partial charge in [-0.3, -0.25) is 4.90 Å². The zero-order valence-corrected chi connectivity index (χ0v) is 12.5. The van der Waals surface area contributed by atoms with Gasteiger partial charge in [0.05, 0.1) is 7.11 Å². The second kappa shape index (κ2) is 6.60. The van der Waals surface area contributed by atoms with Crippen molar-refractivity contribution in [2.45, 2.75) is 33.1 Å². The minimum absolute atomic E-state index is 0.367. The Kier molecular flexibility index (Phi) is 4.83. The maximum atomic E-state index is 11.2. The number of methoxy groups -OCH3 is 1. The SMILES string of the molecule is C1=CC2CCC1C2.COC(=O)N1C=CC(C)=CC=C1C. The first-order chi connectivity index (χ1) is 9.60. The summed E-state index contributed by atoms with van der Waals surface area (Å²) in [5.41, 5.74) is 1.95. The van der Waals surface area contributed by atoms with Gasteiger partial charge in [-0.2, -0.15) is 0 Å². The van der Waals surface area contributed by atoms with Gasteiger partial charge in [-0.25, -0.2) is 4.79 Å². The zero-order valence-electron chi connectivity index (χ0n) is 12.5. The maximum Gasteiger partial charge on any atom is 0.417 e. The van der Waals surface area contributed by atoms with Crippen LogP contribution in [0.1, 0.15) is 33.1 Å². The van der Waals surface area contributed by atoms with E-state index in [-0.39, 0.29) is 6.09 Å². The minimum atomic E-state index is -0.367. The third kappa shape index (κ3) is 3.62. The van der Waals surface area contributed by atoms with Crippen molar-refractivity contribution in [3.05, 3.63) is 47.9 Å². The van der Waals surface area contributed by atoms with Gasteiger partial charge in [-0.1, -0.05) is 18.2 Å². The van der Waals surface area contributed by atoms with Crippen molar-refractivity contribution >= 4 is 6.09 Å². The van der Waals surface area contributed by atoms with Crippen molar-refractivity contribution in [1.82, 2.24) is 4.90 Å². The Hall–Kier alpha value is -1.77. The number of allylic oxidation sites excluding steroid dienone is 7. The van der Waals surface area contributed by atoms with Gasteiger partial charge in [0.2, 0.25) is 0 Å². The number of amides is 1. The molecule has 3 aliphatic rings. The molecule has 0 saturated heterocycles. The van der Waals surface area contributed by atoms with E-state index in [4.69, 9.17) is 0 Å². The van der Waals surface area contributed by atoms with Gasteiger partial charge in [-0.15, -0.1) is 0 Å². The summed E-state index contributed by atoms with van der Waals surface area (Å²) >= 11 is 0. The van der Waals surface area contributed by atoms with Crippen LogP contribution in [0.4, 0.5) is 4.79 Å². The molecule has 3 nitrogen and oxygen atoms in total. The summed E-state index contributed by atoms with van der Waals surface area (Å²) in [4.78, 5) is 12.7. The smallest absolute Gasteiger partial charge is 0.417 e. The van der Waals surface area contributed by atoms with Gasteiger partial charge in [0.15, 0.2) is 0 Å². The fourth-order valence-electron chi connectivity index (χ4n) is 2.72. The lowest BCUT2D eigenvalue weighted by Gasteiger charge is -2.15. The van der Waals surface area contributed by atoms with Gasteiger partial charge < -0.3 is 4.74 Å². The van der Waals surface area contributed by atoms with Gasteiger partial charge in [0.1, 0.15) is 0 Å². The van der Waals surface area contributed by atoms with Crippen LogP contribution in [0, 0.1) is 11.8 Å². The predicted molar refractivity (Wildman–Crippen MR) is 80.9 cm³/mol. The van der Waals surface area contributed by atoms with Crippen LogP contribution in [0.5, 0.6) is 0 Å². The fourth-order valence-corrected chi connectivity index (χ4v) is 2.72. The van der Waals surface area contributed by atoms with E-state index >= 15 is 0 Å². The molecule has 108 valence electrons. The molecule has 20 heavy (non-hydrogen) atoms. The Morgan fingerprint density at radius 1 is 1.20 bits per heavy atom. The number of carbonyl (C=O) groups is 1. The molecule has 0 aromatic carbocycles. The monoisotopic (exact) mass is 273 g/mol. The van der Waals surface area contributed by atoms with Crippen molar-refractivity contribution in [2.24, 2.45) is 11.8 Å². The summed E-state index contributed by atoms with van der Waals surface area (Å²) in [5.74, 6) is 1.98. The second-order valence-corrected chi connectivity index (χ2v) is 5.59. The highest BCUT2D eigenvalue weighted by Gasteiger charge is 2.25. The lowest BCUT2D eigenvalue weighted by atomic mass is 10.1. The van der Waals surface area contributed by atoms with Crippen molar-refractivity contribution < 1.29 is 9.53 Å². The Bertz CT molecular complexity index is 473. The van der Waals surface area contributed by atoms with Crippen molar-refractivity contribution in [3.63, 3.8) is 0 Å². The Morgan fingerprint density at radius 2 is 1.85 bits per heavy atom. The van der Waals surface area contributed by atoms with E-state index < -0.39 is 0 Å². The van der Waals surface area contributed by atoms with Crippen molar-refractivity contribution in [1.29, 1.82) is 0 Å². The van der Waals surface area contributed by atoms with Crippen LogP contribution in [0.25, 0.3) is 0 Å². The molecule has 2 unspecified atom stereocenters. The van der Waals surface area contributed by atoms with Crippen LogP contribution >= 0.6 is 0 Å². The van der Waals surface area contributed by atoms with E-state index in [2.05, 4.69) is 16.9 Å². The second-order valence-electron chi connectivity index (χ2n) is 5.59. The predicted octanol–water partition coefficient (Wildman–Crippen LogP) is 4.40. The van der Waals surface area contributed by atoms with Crippen LogP contribution in [0.15, 0.2) is 47.9 Å². The Labute approximate surface area is 121 Å². The highest BCUT2D eigenvalue weighted by atomic mass is 16.5. The molecule has 3 rings (SSSR count). The number of rotatable bonds is 0. The summed E-state index contributed by atoms with van der Waals surface area (Å²) in [6, 6.07) is 0. The molecule has 0 N–H and O–H groups in total. The number of hydrogen-bond donors (Lipinski definition) is 0.